The highest BCUT2D eigenvalue weighted by Crippen LogP contribution is 2.26. The van der Waals surface area contributed by atoms with Crippen molar-refractivity contribution in [2.24, 2.45) is 5.92 Å². The Morgan fingerprint density at radius 1 is 0.950 bits per heavy atom. The van der Waals surface area contributed by atoms with Gasteiger partial charge in [0.25, 0.3) is 10.0 Å². The Morgan fingerprint density at radius 3 is 2.10 bits per heavy atom. The van der Waals surface area contributed by atoms with Crippen molar-refractivity contribution in [1.29, 1.82) is 0 Å². The monoisotopic (exact) mass is 647 g/mol. The fraction of sp³-hybridized carbons (Fsp3) is 0.333. The molecule has 0 saturated heterocycles. The van der Waals surface area contributed by atoms with E-state index >= 15 is 0 Å². The van der Waals surface area contributed by atoms with Crippen LogP contribution < -0.4 is 9.62 Å². The van der Waals surface area contributed by atoms with Gasteiger partial charge < -0.3 is 10.2 Å². The van der Waals surface area contributed by atoms with Crippen LogP contribution in [-0.2, 0) is 26.2 Å². The molecule has 0 spiro atoms. The number of nitrogens with zero attached hydrogens (tertiary/aromatic N) is 2. The summed E-state index contributed by atoms with van der Waals surface area (Å²) in [5.74, 6) is -0.551. The number of hydrogen-bond acceptors (Lipinski definition) is 4. The van der Waals surface area contributed by atoms with Crippen molar-refractivity contribution in [1.82, 2.24) is 10.2 Å². The van der Waals surface area contributed by atoms with Crippen molar-refractivity contribution in [3.8, 4) is 0 Å². The first-order valence-electron chi connectivity index (χ1n) is 13.1. The Morgan fingerprint density at radius 2 is 1.55 bits per heavy atom. The molecule has 7 nitrogen and oxygen atoms in total. The maximum Gasteiger partial charge on any atom is 0.264 e. The zero-order valence-electron chi connectivity index (χ0n) is 23.1. The summed E-state index contributed by atoms with van der Waals surface area (Å²) in [5, 5.41) is 3.47. The summed E-state index contributed by atoms with van der Waals surface area (Å²) in [6.07, 6.45) is 0.353. The van der Waals surface area contributed by atoms with Crippen LogP contribution in [0.3, 0.4) is 0 Å². The van der Waals surface area contributed by atoms with Crippen LogP contribution in [0.1, 0.15) is 38.3 Å². The van der Waals surface area contributed by atoms with E-state index in [0.717, 1.165) is 19.9 Å². The van der Waals surface area contributed by atoms with Gasteiger partial charge in [-0.1, -0.05) is 78.1 Å². The average molecular weight is 649 g/mol. The van der Waals surface area contributed by atoms with Crippen molar-refractivity contribution in [2.45, 2.75) is 51.6 Å². The van der Waals surface area contributed by atoms with Crippen LogP contribution in [0, 0.1) is 12.8 Å². The summed E-state index contributed by atoms with van der Waals surface area (Å²) in [5.41, 5.74) is 2.02. The van der Waals surface area contributed by atoms with E-state index in [1.807, 2.05) is 27.7 Å². The molecule has 0 aromatic heterocycles. The van der Waals surface area contributed by atoms with Gasteiger partial charge in [-0.05, 0) is 73.4 Å². The minimum Gasteiger partial charge on any atom is -0.354 e. The summed E-state index contributed by atoms with van der Waals surface area (Å²) in [6, 6.07) is 19.4. The number of amides is 2. The lowest BCUT2D eigenvalue weighted by Gasteiger charge is -2.33. The van der Waals surface area contributed by atoms with E-state index in [2.05, 4.69) is 21.2 Å². The van der Waals surface area contributed by atoms with Gasteiger partial charge in [0, 0.05) is 22.6 Å². The average Bonchev–Trinajstić information content (AvgIpc) is 2.92. The van der Waals surface area contributed by atoms with Gasteiger partial charge in [0.2, 0.25) is 11.8 Å². The van der Waals surface area contributed by atoms with Crippen LogP contribution in [0.5, 0.6) is 0 Å². The first-order chi connectivity index (χ1) is 18.9. The maximum absolute atomic E-state index is 14.0. The van der Waals surface area contributed by atoms with Crippen LogP contribution in [0.25, 0.3) is 0 Å². The molecular weight excluding hydrogens is 614 g/mol. The van der Waals surface area contributed by atoms with Crippen LogP contribution in [0.4, 0.5) is 5.69 Å². The molecule has 0 unspecified atom stereocenters. The van der Waals surface area contributed by atoms with Gasteiger partial charge in [-0.3, -0.25) is 13.9 Å². The molecule has 10 heteroatoms. The summed E-state index contributed by atoms with van der Waals surface area (Å²) in [6.45, 7) is 7.77. The number of rotatable bonds is 12. The second kappa shape index (κ2) is 14.1. The Bertz CT molecular complexity index is 1400. The third kappa shape index (κ3) is 8.32. The summed E-state index contributed by atoms with van der Waals surface area (Å²) in [7, 11) is -4.11. The largest absolute Gasteiger partial charge is 0.354 e. The molecule has 3 rings (SSSR count). The van der Waals surface area contributed by atoms with Crippen LogP contribution in [0.2, 0.25) is 5.02 Å². The van der Waals surface area contributed by atoms with Gasteiger partial charge in [-0.15, -0.1) is 0 Å². The molecule has 0 heterocycles. The van der Waals surface area contributed by atoms with Crippen LogP contribution >= 0.6 is 27.5 Å². The first-order valence-corrected chi connectivity index (χ1v) is 15.7. The van der Waals surface area contributed by atoms with Crippen molar-refractivity contribution < 1.29 is 18.0 Å². The third-order valence-electron chi connectivity index (χ3n) is 6.34. The van der Waals surface area contributed by atoms with E-state index in [0.29, 0.717) is 23.7 Å². The van der Waals surface area contributed by atoms with Crippen molar-refractivity contribution >= 4 is 55.1 Å². The van der Waals surface area contributed by atoms with E-state index < -0.39 is 28.5 Å². The molecular formula is C30H35BrClN3O4S. The number of anilines is 1. The molecule has 214 valence electrons. The Balaban J connectivity index is 2.03. The highest BCUT2D eigenvalue weighted by molar-refractivity contribution is 9.10. The minimum absolute atomic E-state index is 0.0692. The minimum atomic E-state index is -4.11. The zero-order chi connectivity index (χ0) is 29.4. The summed E-state index contributed by atoms with van der Waals surface area (Å²) in [4.78, 5) is 28.8. The van der Waals surface area contributed by atoms with E-state index in [1.165, 1.54) is 17.0 Å². The lowest BCUT2D eigenvalue weighted by atomic mass is 10.1. The number of hydrogen-bond donors (Lipinski definition) is 1. The van der Waals surface area contributed by atoms with Crippen molar-refractivity contribution in [2.75, 3.05) is 17.4 Å². The number of benzene rings is 3. The molecule has 2 amide bonds. The van der Waals surface area contributed by atoms with Crippen molar-refractivity contribution in [3.05, 3.63) is 93.4 Å². The van der Waals surface area contributed by atoms with E-state index in [4.69, 9.17) is 11.6 Å². The molecule has 0 bridgehead atoms. The smallest absolute Gasteiger partial charge is 0.264 e. The number of carbonyl (C=O) groups excluding carboxylic acids is 2. The van der Waals surface area contributed by atoms with Gasteiger partial charge in [0.05, 0.1) is 10.6 Å². The number of nitrogens with one attached hydrogen (secondary N) is 1. The fourth-order valence-electron chi connectivity index (χ4n) is 4.10. The highest BCUT2D eigenvalue weighted by Gasteiger charge is 2.33. The maximum atomic E-state index is 14.0. The van der Waals surface area contributed by atoms with Gasteiger partial charge in [-0.25, -0.2) is 8.42 Å². The molecule has 40 heavy (non-hydrogen) atoms. The van der Waals surface area contributed by atoms with Gasteiger partial charge in [0.1, 0.15) is 12.6 Å². The van der Waals surface area contributed by atoms with E-state index in [1.54, 1.807) is 60.7 Å². The topological polar surface area (TPSA) is 86.8 Å². The Kier molecular flexibility index (Phi) is 11.2. The van der Waals surface area contributed by atoms with Crippen LogP contribution in [-0.4, -0.2) is 44.3 Å². The second-order valence-corrected chi connectivity index (χ2v) is 13.2. The summed E-state index contributed by atoms with van der Waals surface area (Å²) >= 11 is 9.45. The molecule has 1 atom stereocenters. The Labute approximate surface area is 250 Å². The molecule has 1 N–H and O–H groups in total. The molecule has 0 radical (unpaired) electrons. The predicted molar refractivity (Wildman–Crippen MR) is 164 cm³/mol. The molecule has 0 aliphatic heterocycles. The molecule has 0 aliphatic carbocycles. The van der Waals surface area contributed by atoms with Crippen molar-refractivity contribution in [3.63, 3.8) is 0 Å². The summed E-state index contributed by atoms with van der Waals surface area (Å²) < 4.78 is 29.6. The quantitative estimate of drug-likeness (QED) is 0.254. The SMILES string of the molecule is CC[C@H](C(=O)NCC(C)C)N(Cc1ccc(Cl)cc1)C(=O)CN(c1ccc(Br)cc1)S(=O)(=O)c1ccc(C)cc1. The zero-order valence-corrected chi connectivity index (χ0v) is 26.3. The molecule has 0 aliphatic rings. The fourth-order valence-corrected chi connectivity index (χ4v) is 5.91. The molecule has 3 aromatic rings. The van der Waals surface area contributed by atoms with Gasteiger partial charge in [0.15, 0.2) is 0 Å². The number of carbonyl (C=O) groups is 2. The lowest BCUT2D eigenvalue weighted by Crippen LogP contribution is -2.52. The van der Waals surface area contributed by atoms with Crippen LogP contribution in [0.15, 0.2) is 82.2 Å². The molecule has 3 aromatic carbocycles. The predicted octanol–water partition coefficient (Wildman–Crippen LogP) is 6.19. The molecule has 0 saturated carbocycles. The number of sulfonamides is 1. The number of halogens is 2. The normalized spacial score (nSPS) is 12.2. The lowest BCUT2D eigenvalue weighted by molar-refractivity contribution is -0.140. The van der Waals surface area contributed by atoms with E-state index in [-0.39, 0.29) is 23.3 Å². The third-order valence-corrected chi connectivity index (χ3v) is 8.91. The number of aryl methyl sites for hydroxylation is 1. The Hall–Kier alpha value is -2.88. The van der Waals surface area contributed by atoms with E-state index in [9.17, 15) is 18.0 Å². The second-order valence-electron chi connectivity index (χ2n) is 10.0. The van der Waals surface area contributed by atoms with Gasteiger partial charge >= 0.3 is 0 Å². The van der Waals surface area contributed by atoms with Gasteiger partial charge in [-0.2, -0.15) is 0 Å². The highest BCUT2D eigenvalue weighted by atomic mass is 79.9. The molecule has 0 fully saturated rings. The first kappa shape index (κ1) is 31.6. The standard InChI is InChI=1S/C30H35BrClN3O4S/c1-5-28(30(37)33-18-21(2)3)34(19-23-8-12-25(32)13-9-23)29(36)20-35(26-14-10-24(31)11-15-26)40(38,39)27-16-6-22(4)7-17-27/h6-17,21,28H,5,18-20H2,1-4H3,(H,33,37)/t28-/m1/s1.